The zero-order valence-corrected chi connectivity index (χ0v) is 66.7. The highest BCUT2D eigenvalue weighted by molar-refractivity contribution is 8.33. The van der Waals surface area contributed by atoms with Gasteiger partial charge in [0.25, 0.3) is 0 Å². The van der Waals surface area contributed by atoms with Gasteiger partial charge in [0.15, 0.2) is 5.58 Å². The van der Waals surface area contributed by atoms with E-state index >= 15 is 0 Å². The minimum absolute atomic E-state index is 0.669. The molecule has 0 saturated heterocycles. The molecule has 9 aromatic heterocycles. The molecule has 0 aliphatic carbocycles. The van der Waals surface area contributed by atoms with Gasteiger partial charge in [0, 0.05) is 83.0 Å². The number of para-hydroxylation sites is 4. The Morgan fingerprint density at radius 3 is 1.08 bits per heavy atom. The van der Waals surface area contributed by atoms with Gasteiger partial charge >= 0.3 is 0 Å². The van der Waals surface area contributed by atoms with Crippen LogP contribution in [0, 0.1) is 20.8 Å². The van der Waals surface area contributed by atoms with Crippen molar-refractivity contribution < 1.29 is 13.3 Å². The Labute approximate surface area is 688 Å². The molecule has 0 bridgehead atoms. The maximum atomic E-state index is 6.00. The van der Waals surface area contributed by atoms with Crippen molar-refractivity contribution in [3.8, 4) is 50.4 Å². The molecule has 15 aromatic carbocycles. The first-order chi connectivity index (χ1) is 58.6. The van der Waals surface area contributed by atoms with Crippen LogP contribution in [-0.2, 0) is 0 Å². The smallest absolute Gasteiger partial charge is 0.227 e. The van der Waals surface area contributed by atoms with Crippen LogP contribution in [0.4, 0.5) is 0 Å². The van der Waals surface area contributed by atoms with Crippen LogP contribution in [0.15, 0.2) is 429 Å². The van der Waals surface area contributed by atoms with Gasteiger partial charge in [-0.3, -0.25) is 4.98 Å². The second-order valence-electron chi connectivity index (χ2n) is 30.7. The van der Waals surface area contributed by atoms with E-state index in [0.717, 1.165) is 71.7 Å². The molecule has 119 heavy (non-hydrogen) atoms. The standard InChI is InChI=1S/3C30H20N2O.C19H18S/c1-19-7-6-8-20(15-19)21-13-14-28-25(16-21)23-9-2-4-11-27(23)32(28)22-17-26-24-10-3-5-12-29(24)33-30(26)31-18-22;1-19-6-4-7-20(16-19)21-11-13-28-25(17-21)23-8-2-3-10-27(23)32(28)22-12-14-29-26(18-22)24-9-5-15-31-30(24)33-29;1-19-5-4-6-20(15-19)21-9-11-28-25(16-21)23-7-2-3-8-27(23)32(28)22-10-12-29-26(17-22)24-13-14-31-18-30(24)33-29;1-20(17-11-5-2-6-12-17,18-13-7-3-8-14-18)19-15-9-4-10-16-19/h3*2-18H,1H3;2-16H,1H3. The minimum Gasteiger partial charge on any atom is -0.454 e. The van der Waals surface area contributed by atoms with Gasteiger partial charge in [0.1, 0.15) is 16.7 Å². The van der Waals surface area contributed by atoms with E-state index in [1.54, 1.807) is 12.4 Å². The summed E-state index contributed by atoms with van der Waals surface area (Å²) >= 11 is 0. The number of fused-ring (bicyclic) bond motifs is 18. The van der Waals surface area contributed by atoms with Gasteiger partial charge in [-0.15, -0.1) is 0 Å². The van der Waals surface area contributed by atoms with Gasteiger partial charge in [-0.1, -0.05) is 235 Å². The van der Waals surface area contributed by atoms with Crippen molar-refractivity contribution in [1.29, 1.82) is 0 Å². The van der Waals surface area contributed by atoms with E-state index in [1.807, 2.05) is 48.8 Å². The molecule has 24 rings (SSSR count). The molecule has 0 fully saturated rings. The van der Waals surface area contributed by atoms with Gasteiger partial charge in [-0.2, -0.15) is 10.0 Å². The van der Waals surface area contributed by atoms with E-state index in [2.05, 4.69) is 395 Å². The summed E-state index contributed by atoms with van der Waals surface area (Å²) in [6.07, 6.45) is 9.65. The molecule has 0 saturated carbocycles. The lowest BCUT2D eigenvalue weighted by molar-refractivity contribution is 0.653. The van der Waals surface area contributed by atoms with Crippen LogP contribution in [-0.4, -0.2) is 34.9 Å². The fourth-order valence-electron chi connectivity index (χ4n) is 17.5. The van der Waals surface area contributed by atoms with Crippen molar-refractivity contribution in [3.05, 3.63) is 418 Å². The summed E-state index contributed by atoms with van der Waals surface area (Å²) in [4.78, 5) is 17.5. The average molecular weight is 1550 g/mol. The van der Waals surface area contributed by atoms with Crippen LogP contribution < -0.4 is 0 Å². The molecule has 0 amide bonds. The van der Waals surface area contributed by atoms with Gasteiger partial charge in [-0.25, -0.2) is 9.97 Å². The van der Waals surface area contributed by atoms with E-state index in [4.69, 9.17) is 13.3 Å². The summed E-state index contributed by atoms with van der Waals surface area (Å²) in [6.45, 7) is 6.41. The molecule has 0 N–H and O–H groups in total. The third kappa shape index (κ3) is 12.9. The molecule has 0 radical (unpaired) electrons. The SMILES string of the molecule is CS(c1ccccc1)(c1ccccc1)c1ccccc1.Cc1cccc(-c2ccc3c(c2)c2ccccc2n3-c2ccc3oc4cnccc4c3c2)c1.Cc1cccc(-c2ccc3c(c2)c2ccccc2n3-c2ccc3oc4ncccc4c3c2)c1.Cc1cccc(-c2ccc3c(c2)c2ccccc2n3-c2cnc3oc4ccccc4c3c2)c1. The van der Waals surface area contributed by atoms with E-state index in [-0.39, 0.29) is 0 Å². The van der Waals surface area contributed by atoms with E-state index in [0.29, 0.717) is 11.4 Å². The first-order valence-corrected chi connectivity index (χ1v) is 42.2. The van der Waals surface area contributed by atoms with Crippen LogP contribution in [0.5, 0.6) is 0 Å². The van der Waals surface area contributed by atoms with Gasteiger partial charge in [0.05, 0.1) is 56.6 Å². The summed E-state index contributed by atoms with van der Waals surface area (Å²) < 4.78 is 24.9. The van der Waals surface area contributed by atoms with Crippen LogP contribution >= 0.6 is 10.0 Å². The highest BCUT2D eigenvalue weighted by Gasteiger charge is 2.26. The van der Waals surface area contributed by atoms with Crippen molar-refractivity contribution in [3.63, 3.8) is 0 Å². The monoisotopic (exact) mass is 1550 g/mol. The van der Waals surface area contributed by atoms with Gasteiger partial charge < -0.3 is 27.0 Å². The number of hydrogen-bond acceptors (Lipinski definition) is 6. The van der Waals surface area contributed by atoms with Crippen molar-refractivity contribution in [2.75, 3.05) is 6.26 Å². The number of pyridine rings is 3. The van der Waals surface area contributed by atoms with Crippen LogP contribution in [0.2, 0.25) is 0 Å². The quantitative estimate of drug-likeness (QED) is 0.143. The highest BCUT2D eigenvalue weighted by atomic mass is 32.3. The van der Waals surface area contributed by atoms with Crippen molar-refractivity contribution in [2.45, 2.75) is 35.5 Å². The molecule has 10 heteroatoms. The van der Waals surface area contributed by atoms with Crippen molar-refractivity contribution >= 4 is 142 Å². The Morgan fingerprint density at radius 2 is 0.597 bits per heavy atom. The predicted molar refractivity (Wildman–Crippen MR) is 496 cm³/mol. The zero-order chi connectivity index (χ0) is 79.7. The van der Waals surface area contributed by atoms with E-state index < -0.39 is 10.0 Å². The van der Waals surface area contributed by atoms with Gasteiger partial charge in [0.2, 0.25) is 11.4 Å². The molecule has 568 valence electrons. The van der Waals surface area contributed by atoms with Crippen LogP contribution in [0.25, 0.3) is 182 Å². The summed E-state index contributed by atoms with van der Waals surface area (Å²) in [5, 5.41) is 13.9. The lowest BCUT2D eigenvalue weighted by Gasteiger charge is -2.37. The first-order valence-electron chi connectivity index (χ1n) is 40.2. The maximum Gasteiger partial charge on any atom is 0.227 e. The van der Waals surface area contributed by atoms with Crippen molar-refractivity contribution in [2.24, 2.45) is 0 Å². The molecular formula is C109H78N6O3S. The molecular weight excluding hydrogens is 1470 g/mol. The number of benzene rings is 15. The molecule has 24 aromatic rings. The number of rotatable bonds is 9. The average Bonchev–Trinajstić information content (AvgIpc) is 1.65. The third-order valence-corrected chi connectivity index (χ3v) is 26.8. The zero-order valence-electron chi connectivity index (χ0n) is 65.9. The second kappa shape index (κ2) is 29.9. The van der Waals surface area contributed by atoms with Gasteiger partial charge in [-0.05, 0) is 233 Å². The molecule has 9 heterocycles. The molecule has 0 unspecified atom stereocenters. The Bertz CT molecular complexity index is 7260. The number of furan rings is 3. The summed E-state index contributed by atoms with van der Waals surface area (Å²) in [5.41, 5.74) is 26.4. The van der Waals surface area contributed by atoms with Crippen molar-refractivity contribution in [1.82, 2.24) is 28.7 Å². The number of aromatic nitrogens is 6. The summed E-state index contributed by atoms with van der Waals surface area (Å²) in [5.74, 6) is 0. The third-order valence-electron chi connectivity index (χ3n) is 23.2. The Hall–Kier alpha value is -15.1. The maximum absolute atomic E-state index is 6.00. The topological polar surface area (TPSA) is 92.9 Å². The number of aryl methyl sites for hydroxylation is 3. The summed E-state index contributed by atoms with van der Waals surface area (Å²) in [7, 11) is -1.18. The molecule has 9 nitrogen and oxygen atoms in total. The lowest BCUT2D eigenvalue weighted by Crippen LogP contribution is -2.01. The number of nitrogens with zero attached hydrogens (tertiary/aromatic N) is 6. The molecule has 0 atom stereocenters. The normalized spacial score (nSPS) is 11.8. The Balaban J connectivity index is 0.0000001000. The fourth-order valence-corrected chi connectivity index (χ4v) is 20.4. The minimum atomic E-state index is -1.18. The Morgan fingerprint density at radius 1 is 0.227 bits per heavy atom. The highest BCUT2D eigenvalue weighted by Crippen LogP contribution is 2.65. The lowest BCUT2D eigenvalue weighted by atomic mass is 10.0. The molecule has 0 spiro atoms. The summed E-state index contributed by atoms with van der Waals surface area (Å²) in [6, 6.07) is 134. The van der Waals surface area contributed by atoms with Crippen LogP contribution in [0.1, 0.15) is 16.7 Å². The Kier molecular flexibility index (Phi) is 18.0. The fraction of sp³-hybridized carbons (Fsp3) is 0.0367. The van der Waals surface area contributed by atoms with Crippen LogP contribution in [0.3, 0.4) is 0 Å². The van der Waals surface area contributed by atoms with E-state index in [1.165, 1.54) is 130 Å². The second-order valence-corrected chi connectivity index (χ2v) is 33.9. The first kappa shape index (κ1) is 71.7. The molecule has 0 aliphatic heterocycles. The van der Waals surface area contributed by atoms with E-state index in [9.17, 15) is 0 Å². The largest absolute Gasteiger partial charge is 0.454 e. The molecule has 0 aliphatic rings. The predicted octanol–water partition coefficient (Wildman–Crippen LogP) is 29.8. The number of hydrogen-bond donors (Lipinski definition) is 0.